The Morgan fingerprint density at radius 2 is 2.00 bits per heavy atom. The second kappa shape index (κ2) is 7.38. The van der Waals surface area contributed by atoms with Crippen LogP contribution in [0.4, 0.5) is 0 Å². The van der Waals surface area contributed by atoms with E-state index in [2.05, 4.69) is 31.0 Å². The summed E-state index contributed by atoms with van der Waals surface area (Å²) in [4.78, 5) is 14.5. The quantitative estimate of drug-likeness (QED) is 0.837. The molecule has 0 bridgehead atoms. The van der Waals surface area contributed by atoms with E-state index in [0.29, 0.717) is 24.7 Å². The Labute approximate surface area is 122 Å². The van der Waals surface area contributed by atoms with Gasteiger partial charge in [-0.1, -0.05) is 6.92 Å². The van der Waals surface area contributed by atoms with E-state index in [9.17, 15) is 4.79 Å². The van der Waals surface area contributed by atoms with Gasteiger partial charge in [-0.25, -0.2) is 0 Å². The summed E-state index contributed by atoms with van der Waals surface area (Å²) in [5.41, 5.74) is 0. The molecule has 0 aliphatic carbocycles. The predicted octanol–water partition coefficient (Wildman–Crippen LogP) is 1.03. The van der Waals surface area contributed by atoms with Gasteiger partial charge in [0, 0.05) is 13.1 Å². The lowest BCUT2D eigenvalue weighted by atomic mass is 9.92. The van der Waals surface area contributed by atoms with E-state index in [-0.39, 0.29) is 11.9 Å². The number of rotatable bonds is 4. The molecule has 116 valence electrons. The molecule has 0 aromatic rings. The molecule has 2 saturated heterocycles. The summed E-state index contributed by atoms with van der Waals surface area (Å²) >= 11 is 0. The van der Waals surface area contributed by atoms with Crippen molar-refractivity contribution < 1.29 is 14.3 Å². The summed E-state index contributed by atoms with van der Waals surface area (Å²) in [5, 5.41) is 3.11. The number of carbonyl (C=O) groups is 1. The van der Waals surface area contributed by atoms with Gasteiger partial charge in [-0.2, -0.15) is 0 Å². The maximum Gasteiger partial charge on any atom is 0.239 e. The first-order chi connectivity index (χ1) is 9.60. The molecule has 1 amide bonds. The molecule has 2 aliphatic heterocycles. The van der Waals surface area contributed by atoms with Gasteiger partial charge in [-0.15, -0.1) is 0 Å². The second-order valence-corrected chi connectivity index (χ2v) is 6.06. The van der Waals surface area contributed by atoms with Crippen LogP contribution in [0.5, 0.6) is 0 Å². The number of likely N-dealkylation sites (N-methyl/N-ethyl adjacent to an activating group) is 1. The fourth-order valence-electron chi connectivity index (χ4n) is 3.33. The van der Waals surface area contributed by atoms with Gasteiger partial charge in [0.2, 0.25) is 5.91 Å². The van der Waals surface area contributed by atoms with Crippen molar-refractivity contribution in [3.8, 4) is 0 Å². The molecule has 0 aromatic heterocycles. The second-order valence-electron chi connectivity index (χ2n) is 6.06. The topological polar surface area (TPSA) is 50.8 Å². The Kier molecular flexibility index (Phi) is 5.81. The van der Waals surface area contributed by atoms with Crippen molar-refractivity contribution >= 4 is 5.91 Å². The molecule has 1 unspecified atom stereocenters. The Morgan fingerprint density at radius 1 is 1.30 bits per heavy atom. The lowest BCUT2D eigenvalue weighted by Crippen LogP contribution is -2.54. The molecule has 20 heavy (non-hydrogen) atoms. The minimum atomic E-state index is -0.122. The minimum Gasteiger partial charge on any atom is -0.378 e. The first-order valence-corrected chi connectivity index (χ1v) is 7.85. The highest BCUT2D eigenvalue weighted by Crippen LogP contribution is 2.24. The number of nitrogens with zero attached hydrogens (tertiary/aromatic N) is 1. The van der Waals surface area contributed by atoms with E-state index >= 15 is 0 Å². The van der Waals surface area contributed by atoms with Crippen molar-refractivity contribution in [1.82, 2.24) is 10.2 Å². The van der Waals surface area contributed by atoms with Gasteiger partial charge < -0.3 is 14.8 Å². The average molecular weight is 284 g/mol. The summed E-state index contributed by atoms with van der Waals surface area (Å²) < 4.78 is 11.2. The molecule has 2 heterocycles. The van der Waals surface area contributed by atoms with Crippen molar-refractivity contribution in [2.45, 2.75) is 51.9 Å². The lowest BCUT2D eigenvalue weighted by Gasteiger charge is -2.35. The van der Waals surface area contributed by atoms with E-state index in [1.165, 1.54) is 0 Å². The van der Waals surface area contributed by atoms with Crippen molar-refractivity contribution in [2.75, 3.05) is 32.8 Å². The van der Waals surface area contributed by atoms with Crippen LogP contribution in [0.1, 0.15) is 33.6 Å². The fraction of sp³-hybridized carbons (Fsp3) is 0.933. The third kappa shape index (κ3) is 4.17. The van der Waals surface area contributed by atoms with Gasteiger partial charge in [0.05, 0.1) is 25.4 Å². The van der Waals surface area contributed by atoms with E-state index in [0.717, 1.165) is 39.1 Å². The molecule has 2 aliphatic rings. The van der Waals surface area contributed by atoms with Crippen LogP contribution in [0, 0.1) is 5.92 Å². The van der Waals surface area contributed by atoms with Crippen molar-refractivity contribution in [3.63, 3.8) is 0 Å². The summed E-state index contributed by atoms with van der Waals surface area (Å²) in [6.07, 6.45) is 2.66. The monoisotopic (exact) mass is 284 g/mol. The van der Waals surface area contributed by atoms with Crippen molar-refractivity contribution in [2.24, 2.45) is 5.92 Å². The Hall–Kier alpha value is -0.650. The van der Waals surface area contributed by atoms with Gasteiger partial charge in [-0.3, -0.25) is 9.69 Å². The number of hydrogen-bond donors (Lipinski definition) is 1. The Morgan fingerprint density at radius 3 is 2.65 bits per heavy atom. The smallest absolute Gasteiger partial charge is 0.239 e. The molecule has 5 nitrogen and oxygen atoms in total. The molecular weight excluding hydrogens is 256 g/mol. The van der Waals surface area contributed by atoms with Crippen LogP contribution in [-0.4, -0.2) is 61.9 Å². The number of ether oxygens (including phenoxy) is 2. The average Bonchev–Trinajstić information content (AvgIpc) is 2.43. The van der Waals surface area contributed by atoms with Gasteiger partial charge >= 0.3 is 0 Å². The van der Waals surface area contributed by atoms with E-state index in [1.54, 1.807) is 0 Å². The zero-order chi connectivity index (χ0) is 14.5. The fourth-order valence-corrected chi connectivity index (χ4v) is 3.33. The third-order valence-electron chi connectivity index (χ3n) is 4.31. The first kappa shape index (κ1) is 15.7. The maximum absolute atomic E-state index is 12.3. The van der Waals surface area contributed by atoms with Crippen LogP contribution in [0.3, 0.4) is 0 Å². The van der Waals surface area contributed by atoms with Gasteiger partial charge in [-0.05, 0) is 39.2 Å². The summed E-state index contributed by atoms with van der Waals surface area (Å²) in [6.45, 7) is 10.1. The van der Waals surface area contributed by atoms with E-state index in [4.69, 9.17) is 9.47 Å². The summed E-state index contributed by atoms with van der Waals surface area (Å²) in [7, 11) is 0. The molecule has 5 heteroatoms. The Balaban J connectivity index is 1.79. The highest BCUT2D eigenvalue weighted by atomic mass is 16.5. The van der Waals surface area contributed by atoms with Crippen LogP contribution < -0.4 is 5.32 Å². The predicted molar refractivity (Wildman–Crippen MR) is 77.6 cm³/mol. The minimum absolute atomic E-state index is 0.110. The van der Waals surface area contributed by atoms with E-state index in [1.807, 2.05) is 0 Å². The number of amides is 1. The van der Waals surface area contributed by atoms with Crippen LogP contribution in [-0.2, 0) is 14.3 Å². The summed E-state index contributed by atoms with van der Waals surface area (Å²) in [6, 6.07) is -0.122. The SMILES string of the molecule is CCN1CCOC[C@@H]1C(=O)NCC1C[C@@H](C)O[C@@H](C)C1. The van der Waals surface area contributed by atoms with Crippen LogP contribution >= 0.6 is 0 Å². The molecule has 0 aromatic carbocycles. The number of morpholine rings is 1. The number of carbonyl (C=O) groups excluding carboxylic acids is 1. The third-order valence-corrected chi connectivity index (χ3v) is 4.31. The van der Waals surface area contributed by atoms with Crippen LogP contribution in [0.25, 0.3) is 0 Å². The van der Waals surface area contributed by atoms with Gasteiger partial charge in [0.25, 0.3) is 0 Å². The van der Waals surface area contributed by atoms with Crippen LogP contribution in [0.15, 0.2) is 0 Å². The van der Waals surface area contributed by atoms with Gasteiger partial charge in [0.1, 0.15) is 6.04 Å². The zero-order valence-corrected chi connectivity index (χ0v) is 12.9. The molecule has 0 radical (unpaired) electrons. The van der Waals surface area contributed by atoms with Crippen molar-refractivity contribution in [1.29, 1.82) is 0 Å². The van der Waals surface area contributed by atoms with Gasteiger partial charge in [0.15, 0.2) is 0 Å². The molecular formula is C15H28N2O3. The highest BCUT2D eigenvalue weighted by molar-refractivity contribution is 5.82. The largest absolute Gasteiger partial charge is 0.378 e. The highest BCUT2D eigenvalue weighted by Gasteiger charge is 2.30. The summed E-state index contributed by atoms with van der Waals surface area (Å²) in [5.74, 6) is 0.635. The molecule has 4 atom stereocenters. The molecule has 0 spiro atoms. The molecule has 0 saturated carbocycles. The lowest BCUT2D eigenvalue weighted by molar-refractivity contribution is -0.133. The number of nitrogens with one attached hydrogen (secondary N) is 1. The normalized spacial score (nSPS) is 35.8. The first-order valence-electron chi connectivity index (χ1n) is 7.85. The zero-order valence-electron chi connectivity index (χ0n) is 12.9. The van der Waals surface area contributed by atoms with Crippen LogP contribution in [0.2, 0.25) is 0 Å². The van der Waals surface area contributed by atoms with E-state index < -0.39 is 0 Å². The molecule has 2 rings (SSSR count). The Bertz CT molecular complexity index is 314. The number of hydrogen-bond acceptors (Lipinski definition) is 4. The molecule has 2 fully saturated rings. The molecule has 1 N–H and O–H groups in total. The standard InChI is InChI=1S/C15H28N2O3/c1-4-17-5-6-19-10-14(17)15(18)16-9-13-7-11(2)20-12(3)8-13/h11-14H,4-10H2,1-3H3,(H,16,18)/t11-,12+,13?,14-/m1/s1. The maximum atomic E-state index is 12.3. The van der Waals surface area contributed by atoms with Crippen molar-refractivity contribution in [3.05, 3.63) is 0 Å².